The lowest BCUT2D eigenvalue weighted by atomic mass is 9.79. The van der Waals surface area contributed by atoms with Gasteiger partial charge in [-0.05, 0) is 12.8 Å². The van der Waals surface area contributed by atoms with Crippen LogP contribution in [0.4, 0.5) is 0 Å². The minimum Gasteiger partial charge on any atom is -0.355 e. The molecule has 114 valence electrons. The van der Waals surface area contributed by atoms with E-state index in [1.54, 1.807) is 6.07 Å². The fourth-order valence-corrected chi connectivity index (χ4v) is 2.45. The molecule has 3 rings (SSSR count). The standard InChI is InChI=1S/C15H16N4O3/c16-18-14(20)10-6-11(7-10)17-15(21)12-8-13(22-19-12)9-4-2-1-3-5-9/h1-5,8,10-11H,6-7,16H2,(H,17,21)(H,18,20)/t10-,11-. The molecule has 1 saturated carbocycles. The zero-order valence-electron chi connectivity index (χ0n) is 11.8. The molecule has 2 amide bonds. The monoisotopic (exact) mass is 300 g/mol. The fourth-order valence-electron chi connectivity index (χ4n) is 2.45. The molecule has 0 aliphatic heterocycles. The van der Waals surface area contributed by atoms with Gasteiger partial charge in [0.1, 0.15) is 0 Å². The van der Waals surface area contributed by atoms with Crippen molar-refractivity contribution in [1.82, 2.24) is 15.9 Å². The second-order valence-electron chi connectivity index (χ2n) is 5.29. The quantitative estimate of drug-likeness (QED) is 0.440. The van der Waals surface area contributed by atoms with Gasteiger partial charge in [-0.1, -0.05) is 35.5 Å². The van der Waals surface area contributed by atoms with Crippen LogP contribution >= 0.6 is 0 Å². The van der Waals surface area contributed by atoms with Crippen molar-refractivity contribution in [3.8, 4) is 11.3 Å². The number of carbonyl (C=O) groups excluding carboxylic acids is 2. The van der Waals surface area contributed by atoms with Crippen LogP contribution in [0.15, 0.2) is 40.9 Å². The van der Waals surface area contributed by atoms with Crippen molar-refractivity contribution in [3.05, 3.63) is 42.1 Å². The van der Waals surface area contributed by atoms with Crippen molar-refractivity contribution in [2.45, 2.75) is 18.9 Å². The number of carbonyl (C=O) groups is 2. The first kappa shape index (κ1) is 14.3. The molecule has 1 aromatic heterocycles. The van der Waals surface area contributed by atoms with Crippen LogP contribution in [0.3, 0.4) is 0 Å². The molecule has 1 fully saturated rings. The topological polar surface area (TPSA) is 110 Å². The van der Waals surface area contributed by atoms with Crippen molar-refractivity contribution in [2.24, 2.45) is 11.8 Å². The van der Waals surface area contributed by atoms with Gasteiger partial charge < -0.3 is 9.84 Å². The van der Waals surface area contributed by atoms with E-state index in [2.05, 4.69) is 15.9 Å². The van der Waals surface area contributed by atoms with E-state index in [9.17, 15) is 9.59 Å². The van der Waals surface area contributed by atoms with Crippen molar-refractivity contribution < 1.29 is 14.1 Å². The van der Waals surface area contributed by atoms with Crippen LogP contribution in [-0.2, 0) is 4.79 Å². The second-order valence-corrected chi connectivity index (χ2v) is 5.29. The highest BCUT2D eigenvalue weighted by molar-refractivity contribution is 5.93. The summed E-state index contributed by atoms with van der Waals surface area (Å²) in [7, 11) is 0. The molecule has 0 atom stereocenters. The van der Waals surface area contributed by atoms with E-state index in [0.717, 1.165) is 5.56 Å². The predicted octanol–water partition coefficient (Wildman–Crippen LogP) is 0.840. The van der Waals surface area contributed by atoms with Crippen LogP contribution in [0.25, 0.3) is 11.3 Å². The Morgan fingerprint density at radius 2 is 1.95 bits per heavy atom. The van der Waals surface area contributed by atoms with Gasteiger partial charge in [-0.3, -0.25) is 15.0 Å². The predicted molar refractivity (Wildman–Crippen MR) is 78.2 cm³/mol. The van der Waals surface area contributed by atoms with Gasteiger partial charge in [0.05, 0.1) is 0 Å². The lowest BCUT2D eigenvalue weighted by molar-refractivity contribution is -0.128. The zero-order valence-corrected chi connectivity index (χ0v) is 11.8. The lowest BCUT2D eigenvalue weighted by Crippen LogP contribution is -2.50. The van der Waals surface area contributed by atoms with E-state index in [0.29, 0.717) is 18.6 Å². The van der Waals surface area contributed by atoms with Crippen LogP contribution < -0.4 is 16.6 Å². The number of nitrogens with two attached hydrogens (primary N) is 1. The van der Waals surface area contributed by atoms with Crippen molar-refractivity contribution >= 4 is 11.8 Å². The van der Waals surface area contributed by atoms with Crippen molar-refractivity contribution in [3.63, 3.8) is 0 Å². The smallest absolute Gasteiger partial charge is 0.273 e. The lowest BCUT2D eigenvalue weighted by Gasteiger charge is -2.33. The van der Waals surface area contributed by atoms with E-state index < -0.39 is 0 Å². The molecule has 1 aliphatic carbocycles. The Morgan fingerprint density at radius 1 is 1.23 bits per heavy atom. The first-order chi connectivity index (χ1) is 10.7. The normalized spacial score (nSPS) is 20.0. The third-order valence-corrected chi connectivity index (χ3v) is 3.79. The summed E-state index contributed by atoms with van der Waals surface area (Å²) < 4.78 is 5.19. The number of hydrogen-bond donors (Lipinski definition) is 3. The van der Waals surface area contributed by atoms with Crippen molar-refractivity contribution in [2.75, 3.05) is 0 Å². The van der Waals surface area contributed by atoms with Gasteiger partial charge in [0.25, 0.3) is 5.91 Å². The SMILES string of the molecule is NNC(=O)[C@H]1C[C@H](NC(=O)c2cc(-c3ccccc3)on2)C1. The van der Waals surface area contributed by atoms with Gasteiger partial charge in [0.15, 0.2) is 11.5 Å². The number of hydrogen-bond acceptors (Lipinski definition) is 5. The van der Waals surface area contributed by atoms with Crippen LogP contribution in [0, 0.1) is 5.92 Å². The zero-order chi connectivity index (χ0) is 15.5. The molecule has 2 aromatic rings. The summed E-state index contributed by atoms with van der Waals surface area (Å²) in [4.78, 5) is 23.4. The van der Waals surface area contributed by atoms with E-state index in [-0.39, 0.29) is 29.5 Å². The first-order valence-electron chi connectivity index (χ1n) is 7.01. The largest absolute Gasteiger partial charge is 0.355 e. The molecule has 7 heteroatoms. The van der Waals surface area contributed by atoms with Gasteiger partial charge in [-0.15, -0.1) is 0 Å². The summed E-state index contributed by atoms with van der Waals surface area (Å²) in [5.74, 6) is 4.98. The number of aromatic nitrogens is 1. The average molecular weight is 300 g/mol. The summed E-state index contributed by atoms with van der Waals surface area (Å²) in [6, 6.07) is 11.0. The number of amides is 2. The minimum absolute atomic E-state index is 0.0355. The van der Waals surface area contributed by atoms with Gasteiger partial charge in [0, 0.05) is 23.6 Å². The first-order valence-corrected chi connectivity index (χ1v) is 7.01. The molecule has 4 N–H and O–H groups in total. The molecular formula is C15H16N4O3. The summed E-state index contributed by atoms with van der Waals surface area (Å²) in [6.45, 7) is 0. The molecule has 7 nitrogen and oxygen atoms in total. The molecule has 1 aromatic carbocycles. The minimum atomic E-state index is -0.303. The van der Waals surface area contributed by atoms with E-state index in [1.165, 1.54) is 0 Å². The third kappa shape index (κ3) is 2.84. The van der Waals surface area contributed by atoms with Gasteiger partial charge in [0.2, 0.25) is 5.91 Å². The van der Waals surface area contributed by atoms with E-state index in [1.807, 2.05) is 30.3 Å². The van der Waals surface area contributed by atoms with E-state index in [4.69, 9.17) is 10.4 Å². The molecule has 0 saturated heterocycles. The molecule has 1 heterocycles. The summed E-state index contributed by atoms with van der Waals surface area (Å²) in [5, 5.41) is 6.61. The molecule has 0 radical (unpaired) electrons. The third-order valence-electron chi connectivity index (χ3n) is 3.79. The number of hydrazine groups is 1. The van der Waals surface area contributed by atoms with Gasteiger partial charge >= 0.3 is 0 Å². The Labute approximate surface area is 126 Å². The highest BCUT2D eigenvalue weighted by Gasteiger charge is 2.35. The Kier molecular flexibility index (Phi) is 3.88. The molecule has 0 bridgehead atoms. The summed E-state index contributed by atoms with van der Waals surface area (Å²) in [6.07, 6.45) is 1.16. The maximum atomic E-state index is 12.1. The fraction of sp³-hybridized carbons (Fsp3) is 0.267. The maximum absolute atomic E-state index is 12.1. The Hall–Kier alpha value is -2.67. The van der Waals surface area contributed by atoms with Crippen LogP contribution in [-0.4, -0.2) is 23.0 Å². The molecular weight excluding hydrogens is 284 g/mol. The van der Waals surface area contributed by atoms with Gasteiger partial charge in [-0.2, -0.15) is 0 Å². The highest BCUT2D eigenvalue weighted by Crippen LogP contribution is 2.27. The van der Waals surface area contributed by atoms with Crippen LogP contribution in [0.2, 0.25) is 0 Å². The number of rotatable bonds is 4. The summed E-state index contributed by atoms with van der Waals surface area (Å²) in [5.41, 5.74) is 3.20. The molecule has 22 heavy (non-hydrogen) atoms. The molecule has 1 aliphatic rings. The number of nitrogens with zero attached hydrogens (tertiary/aromatic N) is 1. The van der Waals surface area contributed by atoms with Crippen LogP contribution in [0.5, 0.6) is 0 Å². The second kappa shape index (κ2) is 5.98. The van der Waals surface area contributed by atoms with E-state index >= 15 is 0 Å². The van der Waals surface area contributed by atoms with Crippen molar-refractivity contribution in [1.29, 1.82) is 0 Å². The Balaban J connectivity index is 1.58. The molecule has 0 spiro atoms. The number of benzene rings is 1. The Morgan fingerprint density at radius 3 is 2.64 bits per heavy atom. The summed E-state index contributed by atoms with van der Waals surface area (Å²) >= 11 is 0. The Bertz CT molecular complexity index is 677. The van der Waals surface area contributed by atoms with Crippen LogP contribution in [0.1, 0.15) is 23.3 Å². The maximum Gasteiger partial charge on any atom is 0.273 e. The molecule has 0 unspecified atom stereocenters. The van der Waals surface area contributed by atoms with Gasteiger partial charge in [-0.25, -0.2) is 5.84 Å². The number of nitrogens with one attached hydrogen (secondary N) is 2. The average Bonchev–Trinajstić information content (AvgIpc) is 3.00. The highest BCUT2D eigenvalue weighted by atomic mass is 16.5.